The second kappa shape index (κ2) is 6.66. The number of aryl methyl sites for hydroxylation is 1. The molecule has 0 radical (unpaired) electrons. The molecule has 1 aromatic carbocycles. The first-order valence-electron chi connectivity index (χ1n) is 6.75. The molecule has 2 rings (SSSR count). The largest absolute Gasteiger partial charge is 0.493 e. The van der Waals surface area contributed by atoms with E-state index < -0.39 is 0 Å². The van der Waals surface area contributed by atoms with Gasteiger partial charge in [-0.25, -0.2) is 0 Å². The summed E-state index contributed by atoms with van der Waals surface area (Å²) >= 11 is 6.72. The first-order chi connectivity index (χ1) is 10.0. The highest BCUT2D eigenvalue weighted by molar-refractivity contribution is 8.24. The fraction of sp³-hybridized carbons (Fsp3) is 0.467. The molecule has 21 heavy (non-hydrogen) atoms. The number of amides is 1. The fourth-order valence-corrected chi connectivity index (χ4v) is 4.00. The number of carbonyl (C=O) groups is 1. The summed E-state index contributed by atoms with van der Waals surface area (Å²) in [7, 11) is 3.23. The molecule has 0 saturated carbocycles. The van der Waals surface area contributed by atoms with Crippen LogP contribution in [-0.2, 0) is 11.2 Å². The molecule has 0 aromatic heterocycles. The van der Waals surface area contributed by atoms with Crippen LogP contribution in [0, 0.1) is 6.92 Å². The molecule has 1 amide bonds. The number of ether oxygens (including phenoxy) is 2. The van der Waals surface area contributed by atoms with Crippen molar-refractivity contribution in [3.05, 3.63) is 23.3 Å². The van der Waals surface area contributed by atoms with Crippen LogP contribution in [0.1, 0.15) is 18.1 Å². The minimum Gasteiger partial charge on any atom is -0.493 e. The molecule has 6 heteroatoms. The van der Waals surface area contributed by atoms with Crippen LogP contribution in [0.5, 0.6) is 11.5 Å². The zero-order valence-corrected chi connectivity index (χ0v) is 14.3. The van der Waals surface area contributed by atoms with Crippen molar-refractivity contribution in [2.45, 2.75) is 25.5 Å². The lowest BCUT2D eigenvalue weighted by Gasteiger charge is -2.15. The third-order valence-corrected chi connectivity index (χ3v) is 5.15. The maximum atomic E-state index is 12.3. The number of rotatable bonds is 5. The van der Waals surface area contributed by atoms with E-state index in [2.05, 4.69) is 0 Å². The van der Waals surface area contributed by atoms with E-state index >= 15 is 0 Å². The lowest BCUT2D eigenvalue weighted by Crippen LogP contribution is -2.31. The van der Waals surface area contributed by atoms with Gasteiger partial charge in [-0.3, -0.25) is 9.69 Å². The molecule has 0 unspecified atom stereocenters. The third kappa shape index (κ3) is 3.16. The number of thiocarbonyl (C=S) groups is 1. The molecule has 1 heterocycles. The number of nitrogens with zero attached hydrogens (tertiary/aromatic N) is 1. The quantitative estimate of drug-likeness (QED) is 0.779. The van der Waals surface area contributed by atoms with Crippen molar-refractivity contribution in [2.24, 2.45) is 0 Å². The van der Waals surface area contributed by atoms with Crippen LogP contribution in [0.15, 0.2) is 12.1 Å². The molecule has 1 atom stereocenters. The second-order valence-electron chi connectivity index (χ2n) is 4.79. The summed E-state index contributed by atoms with van der Waals surface area (Å²) in [6, 6.07) is 3.88. The zero-order valence-electron chi connectivity index (χ0n) is 12.6. The second-order valence-corrected chi connectivity index (χ2v) is 6.63. The maximum Gasteiger partial charge on any atom is 0.241 e. The lowest BCUT2D eigenvalue weighted by atomic mass is 10.0. The number of hydrogen-bond donors (Lipinski definition) is 0. The molecule has 1 fully saturated rings. The Kier molecular flexibility index (Phi) is 5.11. The van der Waals surface area contributed by atoms with Gasteiger partial charge in [0, 0.05) is 6.54 Å². The van der Waals surface area contributed by atoms with Gasteiger partial charge < -0.3 is 9.47 Å². The Morgan fingerprint density at radius 1 is 1.29 bits per heavy atom. The van der Waals surface area contributed by atoms with Gasteiger partial charge in [0.25, 0.3) is 0 Å². The number of methoxy groups -OCH3 is 2. The molecule has 4 nitrogen and oxygen atoms in total. The summed E-state index contributed by atoms with van der Waals surface area (Å²) in [5.74, 6) is 1.49. The minimum atomic E-state index is -0.144. The van der Waals surface area contributed by atoms with Crippen LogP contribution < -0.4 is 9.47 Å². The summed E-state index contributed by atoms with van der Waals surface area (Å²) in [5, 5.41) is -0.144. The summed E-state index contributed by atoms with van der Waals surface area (Å²) in [6.07, 6.45) is 0.645. The Morgan fingerprint density at radius 2 is 1.90 bits per heavy atom. The summed E-state index contributed by atoms with van der Waals surface area (Å²) < 4.78 is 11.3. The number of hydrogen-bond acceptors (Lipinski definition) is 5. The smallest absolute Gasteiger partial charge is 0.241 e. The average Bonchev–Trinajstić information content (AvgIpc) is 2.74. The highest BCUT2D eigenvalue weighted by atomic mass is 32.2. The van der Waals surface area contributed by atoms with Crippen molar-refractivity contribution in [2.75, 3.05) is 20.8 Å². The van der Waals surface area contributed by atoms with Crippen molar-refractivity contribution in [3.63, 3.8) is 0 Å². The average molecular weight is 325 g/mol. The predicted molar refractivity (Wildman–Crippen MR) is 89.4 cm³/mol. The van der Waals surface area contributed by atoms with E-state index in [1.54, 1.807) is 19.1 Å². The van der Waals surface area contributed by atoms with Crippen molar-refractivity contribution in [1.29, 1.82) is 0 Å². The van der Waals surface area contributed by atoms with Crippen molar-refractivity contribution in [1.82, 2.24) is 4.90 Å². The van der Waals surface area contributed by atoms with E-state index in [0.29, 0.717) is 28.8 Å². The first-order valence-corrected chi connectivity index (χ1v) is 8.04. The molecule has 1 saturated heterocycles. The molecular formula is C15H19NO3S2. The van der Waals surface area contributed by atoms with Crippen molar-refractivity contribution in [3.8, 4) is 11.5 Å². The summed E-state index contributed by atoms with van der Waals surface area (Å²) in [4.78, 5) is 14.0. The predicted octanol–water partition coefficient (Wildman–Crippen LogP) is 2.80. The molecule has 1 aromatic rings. The van der Waals surface area contributed by atoms with E-state index in [-0.39, 0.29) is 11.2 Å². The van der Waals surface area contributed by atoms with Crippen molar-refractivity contribution < 1.29 is 14.3 Å². The Morgan fingerprint density at radius 3 is 2.43 bits per heavy atom. The van der Waals surface area contributed by atoms with Crippen molar-refractivity contribution >= 4 is 34.2 Å². The van der Waals surface area contributed by atoms with Gasteiger partial charge in [0.1, 0.15) is 4.32 Å². The van der Waals surface area contributed by atoms with Gasteiger partial charge in [-0.2, -0.15) is 0 Å². The lowest BCUT2D eigenvalue weighted by molar-refractivity contribution is -0.125. The Hall–Kier alpha value is -1.27. The first kappa shape index (κ1) is 16.1. The fourth-order valence-electron chi connectivity index (χ4n) is 2.36. The SMILES string of the molecule is CCN1C(=O)[C@H](Cc2cc(OC)c(OC)cc2C)SC1=S. The van der Waals surface area contributed by atoms with E-state index in [4.69, 9.17) is 21.7 Å². The van der Waals surface area contributed by atoms with Gasteiger partial charge in [-0.15, -0.1) is 0 Å². The zero-order chi connectivity index (χ0) is 15.6. The van der Waals surface area contributed by atoms with Crippen LogP contribution in [0.2, 0.25) is 0 Å². The normalized spacial score (nSPS) is 18.3. The highest BCUT2D eigenvalue weighted by Gasteiger charge is 2.36. The Balaban J connectivity index is 2.24. The molecule has 0 bridgehead atoms. The van der Waals surface area contributed by atoms with Gasteiger partial charge in [0.2, 0.25) is 5.91 Å². The monoisotopic (exact) mass is 325 g/mol. The van der Waals surface area contributed by atoms with E-state index in [1.807, 2.05) is 26.0 Å². The van der Waals surface area contributed by atoms with Gasteiger partial charge >= 0.3 is 0 Å². The molecule has 1 aliphatic heterocycles. The Bertz CT molecular complexity index is 574. The van der Waals surface area contributed by atoms with Crippen LogP contribution in [-0.4, -0.2) is 41.1 Å². The summed E-state index contributed by atoms with van der Waals surface area (Å²) in [6.45, 7) is 4.58. The van der Waals surface area contributed by atoms with Gasteiger partial charge in [0.05, 0.1) is 19.5 Å². The van der Waals surface area contributed by atoms with E-state index in [9.17, 15) is 4.79 Å². The van der Waals surface area contributed by atoms with Gasteiger partial charge in [-0.1, -0.05) is 24.0 Å². The molecule has 0 aliphatic carbocycles. The number of carbonyl (C=O) groups excluding carboxylic acids is 1. The standard InChI is InChI=1S/C15H19NO3S2/c1-5-16-14(17)13(21-15(16)20)8-10-7-12(19-4)11(18-3)6-9(10)2/h6-7,13H,5,8H2,1-4H3/t13-/m0/s1. The van der Waals surface area contributed by atoms with E-state index in [0.717, 1.165) is 11.1 Å². The van der Waals surface area contributed by atoms with Crippen LogP contribution in [0.3, 0.4) is 0 Å². The van der Waals surface area contributed by atoms with Gasteiger partial charge in [-0.05, 0) is 43.5 Å². The van der Waals surface area contributed by atoms with Crippen LogP contribution >= 0.6 is 24.0 Å². The number of thioether (sulfide) groups is 1. The minimum absolute atomic E-state index is 0.0988. The van der Waals surface area contributed by atoms with E-state index in [1.165, 1.54) is 11.8 Å². The van der Waals surface area contributed by atoms with Crippen LogP contribution in [0.4, 0.5) is 0 Å². The molecule has 1 aliphatic rings. The maximum absolute atomic E-state index is 12.3. The van der Waals surface area contributed by atoms with Crippen LogP contribution in [0.25, 0.3) is 0 Å². The number of benzene rings is 1. The molecule has 0 N–H and O–H groups in total. The molecular weight excluding hydrogens is 306 g/mol. The molecule has 114 valence electrons. The third-order valence-electron chi connectivity index (χ3n) is 3.57. The van der Waals surface area contributed by atoms with Gasteiger partial charge in [0.15, 0.2) is 11.5 Å². The highest BCUT2D eigenvalue weighted by Crippen LogP contribution is 2.34. The molecule has 0 spiro atoms. The summed E-state index contributed by atoms with van der Waals surface area (Å²) in [5.41, 5.74) is 2.17. The topological polar surface area (TPSA) is 38.8 Å². The Labute approximate surface area is 134 Å².